The van der Waals surface area contributed by atoms with Gasteiger partial charge in [-0.25, -0.2) is 17.5 Å². The standard InChI is InChI=1S/C27H33N5O5S/c1-3-37-26(34)24-6-4-5-12-31(24)25(33)23(29)16-27(2)10-13-32(21(15-27)17-28)38(35,36)22-8-7-19-9-11-30-18-20(19)14-22/h4-5,7-8,10,13-15,23-24,30H,3,6,9,11-12,16,18,29H2,1-2H3/t23-,24+,27?/m0/s1. The lowest BCUT2D eigenvalue weighted by atomic mass is 9.81. The molecule has 38 heavy (non-hydrogen) atoms. The van der Waals surface area contributed by atoms with E-state index in [1.54, 1.807) is 38.1 Å². The average Bonchev–Trinajstić information content (AvgIpc) is 2.92. The van der Waals surface area contributed by atoms with Gasteiger partial charge in [0, 0.05) is 24.7 Å². The second kappa shape index (κ2) is 11.1. The largest absolute Gasteiger partial charge is 0.464 e. The summed E-state index contributed by atoms with van der Waals surface area (Å²) in [5.74, 6) is -0.890. The van der Waals surface area contributed by atoms with Gasteiger partial charge in [0.25, 0.3) is 10.0 Å². The van der Waals surface area contributed by atoms with Crippen molar-refractivity contribution >= 4 is 21.9 Å². The van der Waals surface area contributed by atoms with Gasteiger partial charge in [0.1, 0.15) is 17.8 Å². The number of allylic oxidation sites excluding steroid dienone is 3. The van der Waals surface area contributed by atoms with E-state index in [0.29, 0.717) is 13.0 Å². The molecule has 3 N–H and O–H groups in total. The van der Waals surface area contributed by atoms with E-state index in [9.17, 15) is 23.3 Å². The van der Waals surface area contributed by atoms with Crippen molar-refractivity contribution in [2.45, 2.75) is 56.6 Å². The molecule has 202 valence electrons. The van der Waals surface area contributed by atoms with Crippen molar-refractivity contribution in [3.8, 4) is 6.07 Å². The Morgan fingerprint density at radius 3 is 2.84 bits per heavy atom. The predicted octanol–water partition coefficient (Wildman–Crippen LogP) is 1.70. The molecule has 3 aliphatic rings. The zero-order valence-electron chi connectivity index (χ0n) is 21.6. The number of carbonyl (C=O) groups excluding carboxylic acids is 2. The van der Waals surface area contributed by atoms with Crippen LogP contribution in [0.5, 0.6) is 0 Å². The number of hydrogen-bond acceptors (Lipinski definition) is 8. The van der Waals surface area contributed by atoms with Gasteiger partial charge in [-0.2, -0.15) is 5.26 Å². The van der Waals surface area contributed by atoms with Crippen LogP contribution in [0.2, 0.25) is 0 Å². The third kappa shape index (κ3) is 5.53. The minimum absolute atomic E-state index is 0.0733. The first kappa shape index (κ1) is 27.6. The third-order valence-electron chi connectivity index (χ3n) is 7.05. The van der Waals surface area contributed by atoms with Crippen LogP contribution in [0.1, 0.15) is 37.8 Å². The lowest BCUT2D eigenvalue weighted by Gasteiger charge is -2.36. The monoisotopic (exact) mass is 539 g/mol. The topological polar surface area (TPSA) is 146 Å². The lowest BCUT2D eigenvalue weighted by Crippen LogP contribution is -2.53. The molecule has 1 aromatic carbocycles. The number of carbonyl (C=O) groups is 2. The number of nitrogens with two attached hydrogens (primary N) is 1. The van der Waals surface area contributed by atoms with Gasteiger partial charge in [0.2, 0.25) is 5.91 Å². The summed E-state index contributed by atoms with van der Waals surface area (Å²) in [6.45, 7) is 5.36. The fourth-order valence-corrected chi connectivity index (χ4v) is 6.37. The maximum Gasteiger partial charge on any atom is 0.329 e. The van der Waals surface area contributed by atoms with Crippen molar-refractivity contribution in [3.05, 3.63) is 65.5 Å². The van der Waals surface area contributed by atoms with Crippen molar-refractivity contribution in [1.29, 1.82) is 5.26 Å². The molecule has 0 bridgehead atoms. The van der Waals surface area contributed by atoms with Crippen LogP contribution in [0.3, 0.4) is 0 Å². The molecule has 0 fully saturated rings. The van der Waals surface area contributed by atoms with E-state index < -0.39 is 39.4 Å². The summed E-state index contributed by atoms with van der Waals surface area (Å²) < 4.78 is 33.0. The molecule has 4 rings (SSSR count). The van der Waals surface area contributed by atoms with Crippen LogP contribution in [-0.4, -0.2) is 61.3 Å². The Morgan fingerprint density at radius 2 is 2.11 bits per heavy atom. The zero-order chi connectivity index (χ0) is 27.5. The molecular formula is C27H33N5O5S. The van der Waals surface area contributed by atoms with Crippen molar-refractivity contribution in [3.63, 3.8) is 0 Å². The van der Waals surface area contributed by atoms with Gasteiger partial charge < -0.3 is 20.7 Å². The number of benzene rings is 1. The number of nitriles is 1. The smallest absolute Gasteiger partial charge is 0.329 e. The lowest BCUT2D eigenvalue weighted by molar-refractivity contribution is -0.155. The van der Waals surface area contributed by atoms with Crippen LogP contribution in [0.15, 0.2) is 59.3 Å². The van der Waals surface area contributed by atoms with Crippen molar-refractivity contribution in [2.75, 3.05) is 19.7 Å². The predicted molar refractivity (Wildman–Crippen MR) is 140 cm³/mol. The van der Waals surface area contributed by atoms with Crippen LogP contribution in [0, 0.1) is 16.7 Å². The molecule has 0 saturated carbocycles. The fourth-order valence-electron chi connectivity index (χ4n) is 5.04. The molecule has 0 aromatic heterocycles. The third-order valence-corrected chi connectivity index (χ3v) is 8.74. The first-order valence-corrected chi connectivity index (χ1v) is 14.1. The van der Waals surface area contributed by atoms with Crippen LogP contribution >= 0.6 is 0 Å². The number of rotatable bonds is 7. The van der Waals surface area contributed by atoms with Crippen molar-refractivity contribution < 1.29 is 22.7 Å². The second-order valence-electron chi connectivity index (χ2n) is 9.90. The normalized spacial score (nSPS) is 23.7. The van der Waals surface area contributed by atoms with E-state index in [2.05, 4.69) is 5.32 Å². The summed E-state index contributed by atoms with van der Waals surface area (Å²) in [7, 11) is -4.03. The fraction of sp³-hybridized carbons (Fsp3) is 0.444. The molecule has 10 nitrogen and oxygen atoms in total. The van der Waals surface area contributed by atoms with Gasteiger partial charge in [-0.05, 0) is 62.1 Å². The Kier molecular flexibility index (Phi) is 8.06. The van der Waals surface area contributed by atoms with Gasteiger partial charge >= 0.3 is 5.97 Å². The molecule has 0 spiro atoms. The second-order valence-corrected chi connectivity index (χ2v) is 11.7. The summed E-state index contributed by atoms with van der Waals surface area (Å²) in [4.78, 5) is 27.1. The number of nitrogens with one attached hydrogen (secondary N) is 1. The summed E-state index contributed by atoms with van der Waals surface area (Å²) >= 11 is 0. The van der Waals surface area contributed by atoms with E-state index in [1.807, 2.05) is 18.2 Å². The van der Waals surface area contributed by atoms with Gasteiger partial charge in [0.15, 0.2) is 0 Å². The highest BCUT2D eigenvalue weighted by atomic mass is 32.2. The Hall–Kier alpha value is -3.46. The maximum atomic E-state index is 13.5. The number of amides is 1. The quantitative estimate of drug-likeness (QED) is 0.393. The first-order chi connectivity index (χ1) is 18.1. The van der Waals surface area contributed by atoms with Crippen molar-refractivity contribution in [1.82, 2.24) is 14.5 Å². The van der Waals surface area contributed by atoms with Gasteiger partial charge in [-0.3, -0.25) is 4.79 Å². The summed E-state index contributed by atoms with van der Waals surface area (Å²) in [5, 5.41) is 13.1. The highest BCUT2D eigenvalue weighted by molar-refractivity contribution is 7.89. The van der Waals surface area contributed by atoms with E-state index in [0.717, 1.165) is 28.4 Å². The van der Waals surface area contributed by atoms with Gasteiger partial charge in [0.05, 0.1) is 17.5 Å². The molecule has 1 aromatic rings. The molecular weight excluding hydrogens is 506 g/mol. The highest BCUT2D eigenvalue weighted by Crippen LogP contribution is 2.36. The highest BCUT2D eigenvalue weighted by Gasteiger charge is 2.38. The van der Waals surface area contributed by atoms with Gasteiger partial charge in [-0.15, -0.1) is 0 Å². The number of nitrogens with zero attached hydrogens (tertiary/aromatic N) is 3. The van der Waals surface area contributed by atoms with Crippen LogP contribution in [0.25, 0.3) is 0 Å². The summed E-state index contributed by atoms with van der Waals surface area (Å²) in [6, 6.07) is 5.29. The Labute approximate surface area is 223 Å². The Morgan fingerprint density at radius 1 is 1.32 bits per heavy atom. The molecule has 3 atom stereocenters. The summed E-state index contributed by atoms with van der Waals surface area (Å²) in [6.07, 6.45) is 9.43. The number of hydrogen-bond donors (Lipinski definition) is 2. The van der Waals surface area contributed by atoms with Crippen LogP contribution in [0.4, 0.5) is 0 Å². The Bertz CT molecular complexity index is 1350. The van der Waals surface area contributed by atoms with E-state index in [-0.39, 0.29) is 30.2 Å². The molecule has 0 saturated heterocycles. The maximum absolute atomic E-state index is 13.5. The number of ether oxygens (including phenoxy) is 1. The minimum atomic E-state index is -4.03. The average molecular weight is 540 g/mol. The van der Waals surface area contributed by atoms with Gasteiger partial charge in [-0.1, -0.05) is 31.2 Å². The van der Waals surface area contributed by atoms with Crippen LogP contribution < -0.4 is 11.1 Å². The number of fused-ring (bicyclic) bond motifs is 1. The molecule has 1 unspecified atom stereocenters. The molecule has 3 heterocycles. The van der Waals surface area contributed by atoms with E-state index in [4.69, 9.17) is 10.5 Å². The summed E-state index contributed by atoms with van der Waals surface area (Å²) in [5.41, 5.74) is 7.40. The first-order valence-electron chi connectivity index (χ1n) is 12.7. The molecule has 1 amide bonds. The zero-order valence-corrected chi connectivity index (χ0v) is 22.4. The Balaban J connectivity index is 1.52. The molecule has 3 aliphatic heterocycles. The SMILES string of the molecule is CCOC(=O)[C@H]1CC=CCN1C(=O)[C@@H](N)CC1(C)C=CN(S(=O)(=O)c2ccc3c(c2)CNCC3)C(C#N)=C1. The number of esters is 1. The number of sulfonamides is 1. The van der Waals surface area contributed by atoms with Crippen molar-refractivity contribution in [2.24, 2.45) is 11.1 Å². The van der Waals surface area contributed by atoms with E-state index >= 15 is 0 Å². The van der Waals surface area contributed by atoms with E-state index in [1.165, 1.54) is 17.2 Å². The molecule has 0 aliphatic carbocycles. The molecule has 0 radical (unpaired) electrons. The van der Waals surface area contributed by atoms with Crippen LogP contribution in [-0.2, 0) is 37.3 Å². The minimum Gasteiger partial charge on any atom is -0.464 e. The molecule has 11 heteroatoms.